The summed E-state index contributed by atoms with van der Waals surface area (Å²) < 4.78 is 5.69. The fourth-order valence-electron chi connectivity index (χ4n) is 2.67. The Morgan fingerprint density at radius 1 is 1.16 bits per heavy atom. The van der Waals surface area contributed by atoms with Gasteiger partial charge in [-0.15, -0.1) is 0 Å². The van der Waals surface area contributed by atoms with Crippen LogP contribution in [0, 0.1) is 5.92 Å². The standard InChI is InChI=1S/C18H15Cl2NO4/c19-15-2-1-3-16(20)14(15)10-25-13-6-4-12(5-7-13)21-9-11(18(23)24)8-17(21)22/h1-7,11H,8-10H2,(H,23,24)/t11-/m0/s1. The first kappa shape index (κ1) is 17.6. The van der Waals surface area contributed by atoms with Crippen molar-refractivity contribution in [2.45, 2.75) is 13.0 Å². The summed E-state index contributed by atoms with van der Waals surface area (Å²) in [4.78, 5) is 24.5. The molecular formula is C18H15Cl2NO4. The first-order valence-corrected chi connectivity index (χ1v) is 8.40. The molecule has 0 aromatic heterocycles. The molecule has 0 aliphatic carbocycles. The Bertz CT molecular complexity index is 787. The van der Waals surface area contributed by atoms with Crippen molar-refractivity contribution in [2.75, 3.05) is 11.4 Å². The Kier molecular flexibility index (Phi) is 5.16. The summed E-state index contributed by atoms with van der Waals surface area (Å²) in [7, 11) is 0. The summed E-state index contributed by atoms with van der Waals surface area (Å²) >= 11 is 12.2. The molecule has 1 N–H and O–H groups in total. The zero-order chi connectivity index (χ0) is 18.0. The van der Waals surface area contributed by atoms with E-state index < -0.39 is 11.9 Å². The number of carboxylic acids is 1. The first-order valence-electron chi connectivity index (χ1n) is 7.64. The highest BCUT2D eigenvalue weighted by Gasteiger charge is 2.34. The van der Waals surface area contributed by atoms with Crippen LogP contribution >= 0.6 is 23.2 Å². The fraction of sp³-hybridized carbons (Fsp3) is 0.222. The Hall–Kier alpha value is -2.24. The summed E-state index contributed by atoms with van der Waals surface area (Å²) in [5.74, 6) is -1.21. The molecule has 130 valence electrons. The van der Waals surface area contributed by atoms with Gasteiger partial charge < -0.3 is 14.7 Å². The molecule has 0 radical (unpaired) electrons. The lowest BCUT2D eigenvalue weighted by Crippen LogP contribution is -2.25. The number of anilines is 1. The van der Waals surface area contributed by atoms with E-state index in [0.29, 0.717) is 27.0 Å². The van der Waals surface area contributed by atoms with Crippen molar-refractivity contribution < 1.29 is 19.4 Å². The molecule has 25 heavy (non-hydrogen) atoms. The molecule has 0 saturated carbocycles. The van der Waals surface area contributed by atoms with Crippen LogP contribution in [-0.2, 0) is 16.2 Å². The second-order valence-electron chi connectivity index (χ2n) is 5.73. The van der Waals surface area contributed by atoms with Crippen LogP contribution in [0.1, 0.15) is 12.0 Å². The maximum atomic E-state index is 12.0. The fourth-order valence-corrected chi connectivity index (χ4v) is 3.18. The van der Waals surface area contributed by atoms with E-state index in [2.05, 4.69) is 0 Å². The van der Waals surface area contributed by atoms with Gasteiger partial charge in [0, 0.05) is 34.3 Å². The number of carboxylic acid groups (broad SMARTS) is 1. The Morgan fingerprint density at radius 3 is 2.36 bits per heavy atom. The Balaban J connectivity index is 1.67. The topological polar surface area (TPSA) is 66.8 Å². The molecule has 5 nitrogen and oxygen atoms in total. The minimum absolute atomic E-state index is 0.0264. The molecule has 2 aromatic rings. The lowest BCUT2D eigenvalue weighted by Gasteiger charge is -2.17. The zero-order valence-corrected chi connectivity index (χ0v) is 14.6. The molecule has 0 bridgehead atoms. The molecule has 1 aliphatic rings. The summed E-state index contributed by atoms with van der Waals surface area (Å²) in [6, 6.07) is 12.2. The lowest BCUT2D eigenvalue weighted by atomic mass is 10.1. The van der Waals surface area contributed by atoms with Gasteiger partial charge in [-0.2, -0.15) is 0 Å². The lowest BCUT2D eigenvalue weighted by molar-refractivity contribution is -0.141. The third-order valence-electron chi connectivity index (χ3n) is 4.07. The number of carbonyl (C=O) groups is 2. The van der Waals surface area contributed by atoms with Crippen molar-refractivity contribution in [1.29, 1.82) is 0 Å². The second-order valence-corrected chi connectivity index (χ2v) is 6.54. The van der Waals surface area contributed by atoms with Gasteiger partial charge in [-0.25, -0.2) is 0 Å². The molecule has 1 amide bonds. The molecule has 1 saturated heterocycles. The monoisotopic (exact) mass is 379 g/mol. The van der Waals surface area contributed by atoms with E-state index in [1.54, 1.807) is 42.5 Å². The predicted molar refractivity (Wildman–Crippen MR) is 95.3 cm³/mol. The van der Waals surface area contributed by atoms with Gasteiger partial charge in [0.2, 0.25) is 5.91 Å². The van der Waals surface area contributed by atoms with Crippen LogP contribution in [-0.4, -0.2) is 23.5 Å². The van der Waals surface area contributed by atoms with Gasteiger partial charge >= 0.3 is 5.97 Å². The third-order valence-corrected chi connectivity index (χ3v) is 4.78. The molecule has 1 aliphatic heterocycles. The Morgan fingerprint density at radius 2 is 1.80 bits per heavy atom. The number of aliphatic carboxylic acids is 1. The van der Waals surface area contributed by atoms with E-state index in [-0.39, 0.29) is 25.5 Å². The zero-order valence-electron chi connectivity index (χ0n) is 13.1. The van der Waals surface area contributed by atoms with Crippen LogP contribution in [0.25, 0.3) is 0 Å². The van der Waals surface area contributed by atoms with Gasteiger partial charge in [0.15, 0.2) is 0 Å². The number of carbonyl (C=O) groups excluding carboxylic acids is 1. The van der Waals surface area contributed by atoms with Gasteiger partial charge in [0.1, 0.15) is 12.4 Å². The van der Waals surface area contributed by atoms with E-state index in [0.717, 1.165) is 0 Å². The summed E-state index contributed by atoms with van der Waals surface area (Å²) in [5.41, 5.74) is 1.35. The molecule has 1 atom stereocenters. The van der Waals surface area contributed by atoms with Crippen LogP contribution < -0.4 is 9.64 Å². The van der Waals surface area contributed by atoms with Gasteiger partial charge in [0.25, 0.3) is 0 Å². The highest BCUT2D eigenvalue weighted by molar-refractivity contribution is 6.35. The predicted octanol–water partition coefficient (Wildman–Crippen LogP) is 4.01. The average molecular weight is 380 g/mol. The smallest absolute Gasteiger partial charge is 0.308 e. The van der Waals surface area contributed by atoms with Crippen molar-refractivity contribution in [1.82, 2.24) is 0 Å². The van der Waals surface area contributed by atoms with E-state index >= 15 is 0 Å². The molecule has 1 fully saturated rings. The van der Waals surface area contributed by atoms with Crippen molar-refractivity contribution in [3.05, 3.63) is 58.1 Å². The van der Waals surface area contributed by atoms with Crippen LogP contribution in [0.2, 0.25) is 10.0 Å². The quantitative estimate of drug-likeness (QED) is 0.851. The van der Waals surface area contributed by atoms with E-state index in [9.17, 15) is 9.59 Å². The molecule has 1 heterocycles. The molecule has 0 spiro atoms. The minimum Gasteiger partial charge on any atom is -0.489 e. The summed E-state index contributed by atoms with van der Waals surface area (Å²) in [6.07, 6.45) is 0.0264. The van der Waals surface area contributed by atoms with Crippen LogP contribution in [0.3, 0.4) is 0 Å². The highest BCUT2D eigenvalue weighted by Crippen LogP contribution is 2.29. The van der Waals surface area contributed by atoms with Crippen LogP contribution in [0.5, 0.6) is 5.75 Å². The minimum atomic E-state index is -0.951. The first-order chi connectivity index (χ1) is 12.0. The van der Waals surface area contributed by atoms with E-state index in [1.165, 1.54) is 4.90 Å². The maximum absolute atomic E-state index is 12.0. The number of rotatable bonds is 5. The maximum Gasteiger partial charge on any atom is 0.308 e. The second kappa shape index (κ2) is 7.33. The summed E-state index contributed by atoms with van der Waals surface area (Å²) in [5, 5.41) is 10.1. The van der Waals surface area contributed by atoms with E-state index in [1.807, 2.05) is 0 Å². The molecule has 7 heteroatoms. The largest absolute Gasteiger partial charge is 0.489 e. The number of benzene rings is 2. The SMILES string of the molecule is O=C(O)[C@H]1CC(=O)N(c2ccc(OCc3c(Cl)cccc3Cl)cc2)C1. The van der Waals surface area contributed by atoms with Crippen LogP contribution in [0.4, 0.5) is 5.69 Å². The molecule has 0 unspecified atom stereocenters. The average Bonchev–Trinajstić information content (AvgIpc) is 2.97. The Labute approximate surface area is 154 Å². The van der Waals surface area contributed by atoms with Crippen molar-refractivity contribution in [3.8, 4) is 5.75 Å². The number of halogens is 2. The summed E-state index contributed by atoms with van der Waals surface area (Å²) in [6.45, 7) is 0.408. The van der Waals surface area contributed by atoms with Gasteiger partial charge in [-0.1, -0.05) is 29.3 Å². The number of hydrogen-bond acceptors (Lipinski definition) is 3. The third kappa shape index (κ3) is 3.89. The van der Waals surface area contributed by atoms with E-state index in [4.69, 9.17) is 33.0 Å². The number of amides is 1. The van der Waals surface area contributed by atoms with Crippen molar-refractivity contribution in [3.63, 3.8) is 0 Å². The number of hydrogen-bond donors (Lipinski definition) is 1. The van der Waals surface area contributed by atoms with Crippen LogP contribution in [0.15, 0.2) is 42.5 Å². The highest BCUT2D eigenvalue weighted by atomic mass is 35.5. The number of nitrogens with zero attached hydrogens (tertiary/aromatic N) is 1. The van der Waals surface area contributed by atoms with Gasteiger partial charge in [0.05, 0.1) is 5.92 Å². The van der Waals surface area contributed by atoms with Crippen molar-refractivity contribution >= 4 is 40.8 Å². The molecule has 3 rings (SSSR count). The molecule has 2 aromatic carbocycles. The van der Waals surface area contributed by atoms with Gasteiger partial charge in [-0.3, -0.25) is 9.59 Å². The number of ether oxygens (including phenoxy) is 1. The van der Waals surface area contributed by atoms with Gasteiger partial charge in [-0.05, 0) is 36.4 Å². The normalized spacial score (nSPS) is 17.0. The molecular weight excluding hydrogens is 365 g/mol. The van der Waals surface area contributed by atoms with Crippen molar-refractivity contribution in [2.24, 2.45) is 5.92 Å².